The molecular weight excluding hydrogens is 285 g/mol. The lowest BCUT2D eigenvalue weighted by molar-refractivity contribution is -0.101. The molecule has 0 radical (unpaired) electrons. The zero-order valence-corrected chi connectivity index (χ0v) is 13.4. The normalized spacial score (nSPS) is 24.5. The lowest BCUT2D eigenvalue weighted by Crippen LogP contribution is -2.52. The summed E-state index contributed by atoms with van der Waals surface area (Å²) in [5.41, 5.74) is -0.891. The predicted molar refractivity (Wildman–Crippen MR) is 82.3 cm³/mol. The van der Waals surface area contributed by atoms with Crippen LogP contribution in [-0.2, 0) is 16.1 Å². The Kier molecular flexibility index (Phi) is 5.06. The summed E-state index contributed by atoms with van der Waals surface area (Å²) < 4.78 is 25.1. The third-order valence-corrected chi connectivity index (χ3v) is 3.46. The smallest absolute Gasteiger partial charge is 0.407 e. The molecule has 1 aliphatic carbocycles. The van der Waals surface area contributed by atoms with Crippen molar-refractivity contribution < 1.29 is 18.7 Å². The Morgan fingerprint density at radius 3 is 2.55 bits per heavy atom. The quantitative estimate of drug-likeness (QED) is 0.904. The van der Waals surface area contributed by atoms with Crippen LogP contribution in [0.2, 0.25) is 0 Å². The van der Waals surface area contributed by atoms with Crippen LogP contribution in [0.25, 0.3) is 0 Å². The van der Waals surface area contributed by atoms with E-state index >= 15 is 0 Å². The number of ether oxygens (including phenoxy) is 2. The van der Waals surface area contributed by atoms with Crippen molar-refractivity contribution in [3.05, 3.63) is 35.9 Å². The molecule has 0 aliphatic heterocycles. The standard InChI is InChI=1S/C17H24FNO3/c1-16(2,3)22-15(20)19-12-17(18)9-14(10-17)21-11-13-7-5-4-6-8-13/h4-8,14H,9-12H2,1-3H3,(H,19,20). The fourth-order valence-corrected chi connectivity index (χ4v) is 2.35. The van der Waals surface area contributed by atoms with Gasteiger partial charge in [0.1, 0.15) is 11.3 Å². The zero-order valence-electron chi connectivity index (χ0n) is 13.4. The highest BCUT2D eigenvalue weighted by molar-refractivity contribution is 5.67. The largest absolute Gasteiger partial charge is 0.444 e. The molecule has 5 heteroatoms. The van der Waals surface area contributed by atoms with Crippen LogP contribution in [0.4, 0.5) is 9.18 Å². The third kappa shape index (κ3) is 5.30. The number of rotatable bonds is 5. The van der Waals surface area contributed by atoms with Gasteiger partial charge < -0.3 is 14.8 Å². The summed E-state index contributed by atoms with van der Waals surface area (Å²) in [5, 5.41) is 2.48. The number of alkyl carbamates (subject to hydrolysis) is 1. The number of benzene rings is 1. The summed E-state index contributed by atoms with van der Waals surface area (Å²) in [6.07, 6.45) is -0.0746. The van der Waals surface area contributed by atoms with E-state index in [-0.39, 0.29) is 12.6 Å². The summed E-state index contributed by atoms with van der Waals surface area (Å²) in [4.78, 5) is 11.5. The lowest BCUT2D eigenvalue weighted by Gasteiger charge is -2.41. The van der Waals surface area contributed by atoms with Gasteiger partial charge in [0, 0.05) is 12.8 Å². The molecule has 1 fully saturated rings. The number of carbonyl (C=O) groups is 1. The Bertz CT molecular complexity index is 492. The fraction of sp³-hybridized carbons (Fsp3) is 0.588. The first kappa shape index (κ1) is 16.7. The van der Waals surface area contributed by atoms with Crippen LogP contribution in [0.15, 0.2) is 30.3 Å². The second-order valence-corrected chi connectivity index (χ2v) is 6.83. The van der Waals surface area contributed by atoms with Crippen molar-refractivity contribution in [1.82, 2.24) is 5.32 Å². The summed E-state index contributed by atoms with van der Waals surface area (Å²) in [6, 6.07) is 9.80. The summed E-state index contributed by atoms with van der Waals surface area (Å²) >= 11 is 0. The minimum absolute atomic E-state index is 0.0346. The number of hydrogen-bond donors (Lipinski definition) is 1. The highest BCUT2D eigenvalue weighted by atomic mass is 19.1. The fourth-order valence-electron chi connectivity index (χ4n) is 2.35. The number of carbonyl (C=O) groups excluding carboxylic acids is 1. The molecule has 22 heavy (non-hydrogen) atoms. The molecule has 0 aromatic heterocycles. The molecule has 1 aromatic carbocycles. The van der Waals surface area contributed by atoms with Gasteiger partial charge >= 0.3 is 6.09 Å². The van der Waals surface area contributed by atoms with Gasteiger partial charge in [-0.2, -0.15) is 0 Å². The first-order chi connectivity index (χ1) is 10.3. The number of halogens is 1. The van der Waals surface area contributed by atoms with Crippen LogP contribution in [0, 0.1) is 0 Å². The maximum Gasteiger partial charge on any atom is 0.407 e. The Balaban J connectivity index is 1.65. The van der Waals surface area contributed by atoms with Crippen LogP contribution < -0.4 is 5.32 Å². The average Bonchev–Trinajstić information content (AvgIpc) is 2.40. The van der Waals surface area contributed by atoms with Crippen LogP contribution in [0.5, 0.6) is 0 Å². The number of alkyl halides is 1. The summed E-state index contributed by atoms with van der Waals surface area (Å²) in [6.45, 7) is 5.77. The second kappa shape index (κ2) is 6.65. The van der Waals surface area contributed by atoms with Crippen molar-refractivity contribution >= 4 is 6.09 Å². The average molecular weight is 309 g/mol. The maximum atomic E-state index is 14.3. The molecule has 1 amide bonds. The summed E-state index contributed by atoms with van der Waals surface area (Å²) in [7, 11) is 0. The highest BCUT2D eigenvalue weighted by Gasteiger charge is 2.45. The van der Waals surface area contributed by atoms with Gasteiger partial charge in [-0.25, -0.2) is 9.18 Å². The minimum atomic E-state index is -1.39. The lowest BCUT2D eigenvalue weighted by atomic mass is 9.79. The van der Waals surface area contributed by atoms with Crippen molar-refractivity contribution in [2.24, 2.45) is 0 Å². The molecule has 1 aromatic rings. The van der Waals surface area contributed by atoms with E-state index in [2.05, 4.69) is 5.32 Å². The van der Waals surface area contributed by atoms with E-state index in [9.17, 15) is 9.18 Å². The number of hydrogen-bond acceptors (Lipinski definition) is 3. The Morgan fingerprint density at radius 1 is 1.32 bits per heavy atom. The van der Waals surface area contributed by atoms with Crippen molar-refractivity contribution in [3.8, 4) is 0 Å². The SMILES string of the molecule is CC(C)(C)OC(=O)NCC1(F)CC(OCc2ccccc2)C1. The van der Waals surface area contributed by atoms with Gasteiger partial charge in [0.2, 0.25) is 0 Å². The molecular formula is C17H24FNO3. The van der Waals surface area contributed by atoms with Gasteiger partial charge in [0.05, 0.1) is 19.3 Å². The van der Waals surface area contributed by atoms with Crippen molar-refractivity contribution in [1.29, 1.82) is 0 Å². The summed E-state index contributed by atoms with van der Waals surface area (Å²) in [5.74, 6) is 0. The number of amides is 1. The van der Waals surface area contributed by atoms with Gasteiger partial charge in [-0.3, -0.25) is 0 Å². The van der Waals surface area contributed by atoms with E-state index < -0.39 is 17.4 Å². The molecule has 1 N–H and O–H groups in total. The van der Waals surface area contributed by atoms with Gasteiger partial charge in [-0.15, -0.1) is 0 Å². The van der Waals surface area contributed by atoms with E-state index in [0.29, 0.717) is 19.4 Å². The molecule has 0 atom stereocenters. The molecule has 1 aliphatic rings. The minimum Gasteiger partial charge on any atom is -0.444 e. The van der Waals surface area contributed by atoms with Gasteiger partial charge in [0.25, 0.3) is 0 Å². The molecule has 0 spiro atoms. The molecule has 0 bridgehead atoms. The van der Waals surface area contributed by atoms with E-state index in [0.717, 1.165) is 5.56 Å². The van der Waals surface area contributed by atoms with Crippen molar-refractivity contribution in [2.75, 3.05) is 6.54 Å². The second-order valence-electron chi connectivity index (χ2n) is 6.83. The van der Waals surface area contributed by atoms with E-state index in [1.54, 1.807) is 20.8 Å². The van der Waals surface area contributed by atoms with Crippen molar-refractivity contribution in [2.45, 2.75) is 57.6 Å². The van der Waals surface area contributed by atoms with Crippen LogP contribution in [0.1, 0.15) is 39.2 Å². The van der Waals surface area contributed by atoms with Crippen LogP contribution in [-0.4, -0.2) is 30.0 Å². The molecule has 2 rings (SSSR count). The zero-order chi connectivity index (χ0) is 16.2. The van der Waals surface area contributed by atoms with E-state index in [4.69, 9.17) is 9.47 Å². The number of nitrogens with one attached hydrogen (secondary N) is 1. The Morgan fingerprint density at radius 2 is 1.95 bits per heavy atom. The van der Waals surface area contributed by atoms with E-state index in [1.807, 2.05) is 30.3 Å². The highest BCUT2D eigenvalue weighted by Crippen LogP contribution is 2.38. The molecule has 1 saturated carbocycles. The first-order valence-electron chi connectivity index (χ1n) is 7.57. The topological polar surface area (TPSA) is 47.6 Å². The van der Waals surface area contributed by atoms with Gasteiger partial charge in [0.15, 0.2) is 0 Å². The molecule has 122 valence electrons. The Labute approximate surface area is 131 Å². The van der Waals surface area contributed by atoms with Crippen LogP contribution >= 0.6 is 0 Å². The third-order valence-electron chi connectivity index (χ3n) is 3.46. The molecule has 0 heterocycles. The van der Waals surface area contributed by atoms with Gasteiger partial charge in [-0.05, 0) is 26.3 Å². The van der Waals surface area contributed by atoms with E-state index in [1.165, 1.54) is 0 Å². The monoisotopic (exact) mass is 309 g/mol. The molecule has 0 unspecified atom stereocenters. The first-order valence-corrected chi connectivity index (χ1v) is 7.57. The predicted octanol–water partition coefficient (Wildman–Crippen LogP) is 3.60. The van der Waals surface area contributed by atoms with Gasteiger partial charge in [-0.1, -0.05) is 30.3 Å². The maximum absolute atomic E-state index is 14.3. The molecule has 0 saturated heterocycles. The van der Waals surface area contributed by atoms with Crippen molar-refractivity contribution in [3.63, 3.8) is 0 Å². The van der Waals surface area contributed by atoms with Crippen LogP contribution in [0.3, 0.4) is 0 Å². The molecule has 4 nitrogen and oxygen atoms in total. The Hall–Kier alpha value is -1.62.